The normalized spacial score (nSPS) is 10.8. The molecule has 0 aliphatic rings. The maximum Gasteiger partial charge on any atom is 0.0660 e. The molecule has 0 fully saturated rings. The quantitative estimate of drug-likeness (QED) is 0.703. The highest BCUT2D eigenvalue weighted by atomic mass is 35.5. The predicted octanol–water partition coefficient (Wildman–Crippen LogP) is 1.67. The van der Waals surface area contributed by atoms with Crippen LogP contribution in [0.25, 0.3) is 10.9 Å². The van der Waals surface area contributed by atoms with Crippen LogP contribution in [0, 0.1) is 0 Å². The summed E-state index contributed by atoms with van der Waals surface area (Å²) in [6.45, 7) is 0.442. The summed E-state index contributed by atoms with van der Waals surface area (Å²) < 4.78 is 0. The summed E-state index contributed by atoms with van der Waals surface area (Å²) >= 11 is 5.90. The van der Waals surface area contributed by atoms with E-state index in [1.165, 1.54) is 0 Å². The lowest BCUT2D eigenvalue weighted by Crippen LogP contribution is -1.98. The first kappa shape index (κ1) is 7.58. The van der Waals surface area contributed by atoms with Crippen LogP contribution < -0.4 is 5.73 Å². The van der Waals surface area contributed by atoms with Crippen molar-refractivity contribution in [3.63, 3.8) is 0 Å². The highest BCUT2D eigenvalue weighted by Crippen LogP contribution is 2.22. The number of nitrogens with zero attached hydrogens (tertiary/aromatic N) is 1. The minimum absolute atomic E-state index is 0.442. The monoisotopic (exact) mass is 181 g/mol. The van der Waals surface area contributed by atoms with Crippen molar-refractivity contribution in [1.82, 2.24) is 9.97 Å². The lowest BCUT2D eigenvalue weighted by atomic mass is 10.2. The van der Waals surface area contributed by atoms with E-state index >= 15 is 0 Å². The Labute approximate surface area is 74.5 Å². The Morgan fingerprint density at radius 3 is 3.17 bits per heavy atom. The lowest BCUT2D eigenvalue weighted by molar-refractivity contribution is 0.997. The maximum atomic E-state index is 5.90. The molecular weight excluding hydrogens is 174 g/mol. The fraction of sp³-hybridized carbons (Fsp3) is 0.125. The maximum absolute atomic E-state index is 5.90. The Morgan fingerprint density at radius 1 is 1.58 bits per heavy atom. The topological polar surface area (TPSA) is 54.7 Å². The molecule has 2 aromatic rings. The van der Waals surface area contributed by atoms with Crippen LogP contribution in [0.3, 0.4) is 0 Å². The van der Waals surface area contributed by atoms with Gasteiger partial charge < -0.3 is 10.7 Å². The van der Waals surface area contributed by atoms with E-state index in [0.29, 0.717) is 11.6 Å². The molecule has 0 spiro atoms. The Balaban J connectivity index is 2.71. The molecule has 4 heteroatoms. The first-order chi connectivity index (χ1) is 5.81. The molecule has 2 heterocycles. The summed E-state index contributed by atoms with van der Waals surface area (Å²) in [5.74, 6) is 0. The summed E-state index contributed by atoms with van der Waals surface area (Å²) in [4.78, 5) is 7.13. The van der Waals surface area contributed by atoms with Gasteiger partial charge in [0.15, 0.2) is 0 Å². The second kappa shape index (κ2) is 2.77. The van der Waals surface area contributed by atoms with E-state index in [0.717, 1.165) is 16.6 Å². The summed E-state index contributed by atoms with van der Waals surface area (Å²) in [7, 11) is 0. The van der Waals surface area contributed by atoms with Gasteiger partial charge >= 0.3 is 0 Å². The molecule has 3 N–H and O–H groups in total. The second-order valence-electron chi connectivity index (χ2n) is 2.56. The molecule has 0 saturated heterocycles. The molecule has 0 unspecified atom stereocenters. The van der Waals surface area contributed by atoms with Crippen LogP contribution in [0.4, 0.5) is 0 Å². The van der Waals surface area contributed by atoms with E-state index in [4.69, 9.17) is 17.3 Å². The Morgan fingerprint density at radius 2 is 2.42 bits per heavy atom. The minimum Gasteiger partial charge on any atom is -0.358 e. The van der Waals surface area contributed by atoms with Gasteiger partial charge in [0.2, 0.25) is 0 Å². The van der Waals surface area contributed by atoms with Crippen LogP contribution in [-0.2, 0) is 6.54 Å². The van der Waals surface area contributed by atoms with E-state index in [2.05, 4.69) is 9.97 Å². The van der Waals surface area contributed by atoms with Crippen molar-refractivity contribution in [3.8, 4) is 0 Å². The number of nitrogens with two attached hydrogens (primary N) is 1. The van der Waals surface area contributed by atoms with E-state index in [-0.39, 0.29) is 0 Å². The molecular formula is C8H8ClN3. The van der Waals surface area contributed by atoms with Gasteiger partial charge in [-0.15, -0.1) is 0 Å². The molecule has 2 aromatic heterocycles. The number of pyridine rings is 1. The minimum atomic E-state index is 0.442. The van der Waals surface area contributed by atoms with Crippen molar-refractivity contribution in [1.29, 1.82) is 0 Å². The zero-order valence-corrected chi connectivity index (χ0v) is 7.10. The number of fused-ring (bicyclic) bond motifs is 1. The van der Waals surface area contributed by atoms with Crippen molar-refractivity contribution >= 4 is 22.5 Å². The van der Waals surface area contributed by atoms with E-state index < -0.39 is 0 Å². The first-order valence-corrected chi connectivity index (χ1v) is 4.00. The number of hydrogen-bond acceptors (Lipinski definition) is 2. The molecule has 0 amide bonds. The highest BCUT2D eigenvalue weighted by Gasteiger charge is 2.01. The second-order valence-corrected chi connectivity index (χ2v) is 2.97. The average Bonchev–Trinajstić information content (AvgIpc) is 2.47. The molecule has 0 aliphatic heterocycles. The molecule has 2 rings (SSSR count). The van der Waals surface area contributed by atoms with Crippen LogP contribution in [0.1, 0.15) is 5.69 Å². The standard InChI is InChI=1S/C8H8ClN3/c9-7-3-12-8-4-11-5(2-10)1-6(7)8/h1,3-4,12H,2,10H2. The van der Waals surface area contributed by atoms with Gasteiger partial charge in [0, 0.05) is 18.1 Å². The Bertz CT molecular complexity index is 408. The molecule has 0 aliphatic carbocycles. The summed E-state index contributed by atoms with van der Waals surface area (Å²) in [6.07, 6.45) is 3.48. The third-order valence-electron chi connectivity index (χ3n) is 1.78. The molecule has 3 nitrogen and oxygen atoms in total. The molecule has 0 aromatic carbocycles. The Hall–Kier alpha value is -1.06. The van der Waals surface area contributed by atoms with Crippen LogP contribution in [0.15, 0.2) is 18.5 Å². The number of halogens is 1. The molecule has 0 atom stereocenters. The Kier molecular flexibility index (Phi) is 1.75. The van der Waals surface area contributed by atoms with Crippen molar-refractivity contribution < 1.29 is 0 Å². The zero-order chi connectivity index (χ0) is 8.55. The van der Waals surface area contributed by atoms with Gasteiger partial charge in [0.1, 0.15) is 0 Å². The number of aromatic nitrogens is 2. The first-order valence-electron chi connectivity index (χ1n) is 3.63. The van der Waals surface area contributed by atoms with Crippen molar-refractivity contribution in [2.75, 3.05) is 0 Å². The average molecular weight is 182 g/mol. The van der Waals surface area contributed by atoms with Crippen LogP contribution in [0.2, 0.25) is 5.02 Å². The van der Waals surface area contributed by atoms with Crippen LogP contribution >= 0.6 is 11.6 Å². The van der Waals surface area contributed by atoms with Crippen molar-refractivity contribution in [2.24, 2.45) is 5.73 Å². The summed E-state index contributed by atoms with van der Waals surface area (Å²) in [6, 6.07) is 1.90. The SMILES string of the molecule is NCc1cc2c(Cl)c[nH]c2cn1. The number of H-pyrrole nitrogens is 1. The fourth-order valence-corrected chi connectivity index (χ4v) is 1.35. The highest BCUT2D eigenvalue weighted by molar-refractivity contribution is 6.35. The molecule has 0 saturated carbocycles. The number of rotatable bonds is 1. The third kappa shape index (κ3) is 1.07. The van der Waals surface area contributed by atoms with E-state index in [1.54, 1.807) is 12.4 Å². The van der Waals surface area contributed by atoms with Crippen molar-refractivity contribution in [2.45, 2.75) is 6.54 Å². The number of hydrogen-bond donors (Lipinski definition) is 2. The van der Waals surface area contributed by atoms with Gasteiger partial charge in [-0.05, 0) is 6.07 Å². The van der Waals surface area contributed by atoms with Gasteiger partial charge in [-0.1, -0.05) is 11.6 Å². The lowest BCUT2D eigenvalue weighted by Gasteiger charge is -1.95. The van der Waals surface area contributed by atoms with Gasteiger partial charge in [0.05, 0.1) is 22.4 Å². The van der Waals surface area contributed by atoms with Crippen molar-refractivity contribution in [3.05, 3.63) is 29.2 Å². The largest absolute Gasteiger partial charge is 0.358 e. The number of aromatic amines is 1. The van der Waals surface area contributed by atoms with Crippen LogP contribution in [-0.4, -0.2) is 9.97 Å². The molecule has 0 bridgehead atoms. The van der Waals surface area contributed by atoms with Gasteiger partial charge in [-0.3, -0.25) is 4.98 Å². The van der Waals surface area contributed by atoms with Crippen LogP contribution in [0.5, 0.6) is 0 Å². The summed E-state index contributed by atoms with van der Waals surface area (Å²) in [5.41, 5.74) is 7.24. The molecule has 62 valence electrons. The molecule has 0 radical (unpaired) electrons. The fourth-order valence-electron chi connectivity index (χ4n) is 1.14. The number of nitrogens with one attached hydrogen (secondary N) is 1. The smallest absolute Gasteiger partial charge is 0.0660 e. The van der Waals surface area contributed by atoms with Gasteiger partial charge in [0.25, 0.3) is 0 Å². The predicted molar refractivity (Wildman–Crippen MR) is 49.0 cm³/mol. The zero-order valence-electron chi connectivity index (χ0n) is 6.34. The van der Waals surface area contributed by atoms with E-state index in [9.17, 15) is 0 Å². The van der Waals surface area contributed by atoms with Gasteiger partial charge in [-0.2, -0.15) is 0 Å². The third-order valence-corrected chi connectivity index (χ3v) is 2.09. The van der Waals surface area contributed by atoms with E-state index in [1.807, 2.05) is 6.07 Å². The molecule has 12 heavy (non-hydrogen) atoms. The summed E-state index contributed by atoms with van der Waals surface area (Å²) in [5, 5.41) is 1.69. The van der Waals surface area contributed by atoms with Gasteiger partial charge in [-0.25, -0.2) is 0 Å².